The Kier molecular flexibility index (Phi) is 2.61. The molecule has 1 atom stereocenters. The van der Waals surface area contributed by atoms with Gasteiger partial charge in [0.15, 0.2) is 6.10 Å². The summed E-state index contributed by atoms with van der Waals surface area (Å²) < 4.78 is 36.0. The van der Waals surface area contributed by atoms with Crippen LogP contribution in [0.4, 0.5) is 13.2 Å². The molecule has 0 saturated carbocycles. The highest BCUT2D eigenvalue weighted by Gasteiger charge is 2.39. The van der Waals surface area contributed by atoms with Crippen molar-refractivity contribution in [2.75, 3.05) is 0 Å². The summed E-state index contributed by atoms with van der Waals surface area (Å²) >= 11 is 0. The largest absolute Gasteiger partial charge is 0.418 e. The van der Waals surface area contributed by atoms with Gasteiger partial charge in [-0.05, 0) is 18.1 Å². The smallest absolute Gasteiger partial charge is 0.379 e. The molecule has 71 valence electrons. The molecule has 0 heterocycles. The van der Waals surface area contributed by atoms with Gasteiger partial charge in [0.2, 0.25) is 0 Å². The van der Waals surface area contributed by atoms with Gasteiger partial charge in [0, 0.05) is 0 Å². The summed E-state index contributed by atoms with van der Waals surface area (Å²) in [6.07, 6.45) is -7.04. The first-order chi connectivity index (χ1) is 5.91. The monoisotopic (exact) mass is 189 g/mol. The highest BCUT2D eigenvalue weighted by molar-refractivity contribution is 5.27. The van der Waals surface area contributed by atoms with Gasteiger partial charge in [-0.3, -0.25) is 0 Å². The Hall–Kier alpha value is -1.03. The van der Waals surface area contributed by atoms with Crippen molar-refractivity contribution >= 4 is 0 Å². The molecule has 4 heteroatoms. The average molecular weight is 189 g/mol. The number of rotatable bonds is 1. The van der Waals surface area contributed by atoms with E-state index >= 15 is 0 Å². The lowest BCUT2D eigenvalue weighted by Crippen LogP contribution is -2.20. The Bertz CT molecular complexity index is 293. The van der Waals surface area contributed by atoms with E-state index in [0.717, 1.165) is 0 Å². The van der Waals surface area contributed by atoms with Gasteiger partial charge >= 0.3 is 6.18 Å². The second-order valence-corrected chi connectivity index (χ2v) is 2.69. The maximum atomic E-state index is 12.0. The van der Waals surface area contributed by atoms with E-state index in [1.54, 1.807) is 6.07 Å². The van der Waals surface area contributed by atoms with E-state index in [-0.39, 0.29) is 5.56 Å². The lowest BCUT2D eigenvalue weighted by atomic mass is 10.1. The number of alkyl halides is 3. The van der Waals surface area contributed by atoms with Crippen LogP contribution in [-0.2, 0) is 0 Å². The molecule has 13 heavy (non-hydrogen) atoms. The van der Waals surface area contributed by atoms with Crippen molar-refractivity contribution in [2.45, 2.75) is 12.3 Å². The van der Waals surface area contributed by atoms with E-state index in [2.05, 4.69) is 6.92 Å². The molecule has 0 aliphatic rings. The van der Waals surface area contributed by atoms with E-state index < -0.39 is 12.3 Å². The van der Waals surface area contributed by atoms with Crippen LogP contribution in [0, 0.1) is 6.92 Å². The first-order valence-corrected chi connectivity index (χ1v) is 3.58. The summed E-state index contributed by atoms with van der Waals surface area (Å²) in [5.41, 5.74) is 0.265. The molecule has 1 nitrogen and oxygen atoms in total. The maximum Gasteiger partial charge on any atom is 0.418 e. The zero-order valence-corrected chi connectivity index (χ0v) is 6.67. The minimum Gasteiger partial charge on any atom is -0.379 e. The molecule has 0 spiro atoms. The summed E-state index contributed by atoms with van der Waals surface area (Å²) in [7, 11) is 0. The minimum atomic E-state index is -4.62. The van der Waals surface area contributed by atoms with Gasteiger partial charge in [0.05, 0.1) is 0 Å². The zero-order valence-electron chi connectivity index (χ0n) is 6.67. The topological polar surface area (TPSA) is 20.2 Å². The van der Waals surface area contributed by atoms with Gasteiger partial charge in [-0.1, -0.05) is 24.3 Å². The van der Waals surface area contributed by atoms with E-state index in [9.17, 15) is 13.2 Å². The van der Waals surface area contributed by atoms with Crippen molar-refractivity contribution in [2.24, 2.45) is 0 Å². The molecule has 0 aliphatic heterocycles. The third kappa shape index (κ3) is 2.45. The zero-order chi connectivity index (χ0) is 10.1. The molecule has 1 aromatic rings. The predicted octanol–water partition coefficient (Wildman–Crippen LogP) is 2.46. The van der Waals surface area contributed by atoms with Crippen molar-refractivity contribution in [3.63, 3.8) is 0 Å². The van der Waals surface area contributed by atoms with E-state index in [1.807, 2.05) is 0 Å². The first-order valence-electron chi connectivity index (χ1n) is 3.58. The van der Waals surface area contributed by atoms with Gasteiger partial charge in [0.25, 0.3) is 0 Å². The molecule has 1 N–H and O–H groups in total. The van der Waals surface area contributed by atoms with Crippen LogP contribution in [-0.4, -0.2) is 11.3 Å². The number of hydrogen-bond acceptors (Lipinski definition) is 1. The maximum absolute atomic E-state index is 12.0. The molecule has 0 aromatic heterocycles. The Morgan fingerprint density at radius 3 is 2.38 bits per heavy atom. The highest BCUT2D eigenvalue weighted by atomic mass is 19.4. The van der Waals surface area contributed by atoms with Crippen LogP contribution in [0.3, 0.4) is 0 Å². The predicted molar refractivity (Wildman–Crippen MR) is 41.9 cm³/mol. The van der Waals surface area contributed by atoms with Crippen molar-refractivity contribution < 1.29 is 18.3 Å². The summed E-state index contributed by atoms with van der Waals surface area (Å²) in [6, 6.07) is 5.41. The van der Waals surface area contributed by atoms with Crippen molar-refractivity contribution in [1.82, 2.24) is 0 Å². The first kappa shape index (κ1) is 10.1. The van der Waals surface area contributed by atoms with E-state index in [0.29, 0.717) is 5.56 Å². The number of hydrogen-bond donors (Lipinski definition) is 1. The summed E-state index contributed by atoms with van der Waals surface area (Å²) in [4.78, 5) is 0. The van der Waals surface area contributed by atoms with Gasteiger partial charge in [-0.15, -0.1) is 0 Å². The fourth-order valence-corrected chi connectivity index (χ4v) is 0.952. The Labute approximate surface area is 73.8 Å². The van der Waals surface area contributed by atoms with Crippen molar-refractivity contribution in [1.29, 1.82) is 0 Å². The summed E-state index contributed by atoms with van der Waals surface area (Å²) in [6.45, 7) is 3.47. The molecule has 0 fully saturated rings. The SMILES string of the molecule is [CH2]c1cccc(C(O)C(F)(F)F)c1. The number of aliphatic hydroxyl groups excluding tert-OH is 1. The molecule has 0 bridgehead atoms. The second-order valence-electron chi connectivity index (χ2n) is 2.69. The fourth-order valence-electron chi connectivity index (χ4n) is 0.952. The lowest BCUT2D eigenvalue weighted by molar-refractivity contribution is -0.206. The Morgan fingerprint density at radius 1 is 1.31 bits per heavy atom. The number of aliphatic hydroxyl groups is 1. The molecular weight excluding hydrogens is 181 g/mol. The number of benzene rings is 1. The number of halogens is 3. The Balaban J connectivity index is 2.96. The fraction of sp³-hybridized carbons (Fsp3) is 0.222. The molecule has 1 rings (SSSR count). The van der Waals surface area contributed by atoms with Crippen LogP contribution in [0.5, 0.6) is 0 Å². The van der Waals surface area contributed by atoms with Crippen molar-refractivity contribution in [3.05, 3.63) is 42.3 Å². The van der Waals surface area contributed by atoms with E-state index in [1.165, 1.54) is 18.2 Å². The van der Waals surface area contributed by atoms with E-state index in [4.69, 9.17) is 5.11 Å². The molecule has 0 aliphatic carbocycles. The summed E-state index contributed by atoms with van der Waals surface area (Å²) in [5, 5.41) is 8.83. The quantitative estimate of drug-likeness (QED) is 0.719. The minimum absolute atomic E-state index is 0.181. The van der Waals surface area contributed by atoms with Gasteiger partial charge in [-0.2, -0.15) is 13.2 Å². The normalized spacial score (nSPS) is 14.2. The molecule has 0 saturated heterocycles. The lowest BCUT2D eigenvalue weighted by Gasteiger charge is -2.14. The summed E-state index contributed by atoms with van der Waals surface area (Å²) in [5.74, 6) is 0. The standard InChI is InChI=1S/C9H8F3O/c1-6-3-2-4-7(5-6)8(13)9(10,11)12/h2-5,8,13H,1H2. The molecule has 1 unspecified atom stereocenters. The van der Waals surface area contributed by atoms with Crippen LogP contribution in [0.1, 0.15) is 17.2 Å². The molecule has 1 aromatic carbocycles. The van der Waals surface area contributed by atoms with Crippen LogP contribution in [0.25, 0.3) is 0 Å². The van der Waals surface area contributed by atoms with Crippen molar-refractivity contribution in [3.8, 4) is 0 Å². The van der Waals surface area contributed by atoms with Crippen LogP contribution in [0.2, 0.25) is 0 Å². The average Bonchev–Trinajstić information content (AvgIpc) is 2.01. The van der Waals surface area contributed by atoms with Gasteiger partial charge < -0.3 is 5.11 Å². The highest BCUT2D eigenvalue weighted by Crippen LogP contribution is 2.32. The molecular formula is C9H8F3O. The molecule has 0 amide bonds. The third-order valence-electron chi connectivity index (χ3n) is 1.58. The van der Waals surface area contributed by atoms with Crippen LogP contribution >= 0.6 is 0 Å². The molecule has 1 radical (unpaired) electrons. The Morgan fingerprint density at radius 2 is 1.92 bits per heavy atom. The van der Waals surface area contributed by atoms with Gasteiger partial charge in [-0.25, -0.2) is 0 Å². The third-order valence-corrected chi connectivity index (χ3v) is 1.58. The second kappa shape index (κ2) is 3.38. The van der Waals surface area contributed by atoms with Crippen LogP contribution < -0.4 is 0 Å². The van der Waals surface area contributed by atoms with Gasteiger partial charge in [0.1, 0.15) is 0 Å². The van der Waals surface area contributed by atoms with Crippen LogP contribution in [0.15, 0.2) is 24.3 Å².